The molecule has 1 nitrogen and oxygen atoms in total. The highest BCUT2D eigenvalue weighted by Gasteiger charge is 2.15. The summed E-state index contributed by atoms with van der Waals surface area (Å²) in [5.74, 6) is -0.649. The van der Waals surface area contributed by atoms with E-state index in [4.69, 9.17) is 0 Å². The molecule has 18 heavy (non-hydrogen) atoms. The summed E-state index contributed by atoms with van der Waals surface area (Å²) in [6, 6.07) is 2.50. The summed E-state index contributed by atoms with van der Waals surface area (Å²) in [6.45, 7) is 3.74. The van der Waals surface area contributed by atoms with Gasteiger partial charge >= 0.3 is 0 Å². The number of aryl methyl sites for hydroxylation is 1. The minimum atomic E-state index is -0.333. The summed E-state index contributed by atoms with van der Waals surface area (Å²) in [5, 5.41) is 3.08. The van der Waals surface area contributed by atoms with E-state index in [1.54, 1.807) is 14.0 Å². The van der Waals surface area contributed by atoms with Crippen LogP contribution in [0.1, 0.15) is 56.2 Å². The smallest absolute Gasteiger partial charge is 0.128 e. The van der Waals surface area contributed by atoms with Gasteiger partial charge < -0.3 is 5.32 Å². The lowest BCUT2D eigenvalue weighted by molar-refractivity contribution is 0.474. The second kappa shape index (κ2) is 7.47. The van der Waals surface area contributed by atoms with E-state index in [1.165, 1.54) is 25.0 Å². The first kappa shape index (κ1) is 15.1. The van der Waals surface area contributed by atoms with Gasteiger partial charge in [0.1, 0.15) is 11.6 Å². The highest BCUT2D eigenvalue weighted by molar-refractivity contribution is 5.27. The maximum atomic E-state index is 13.8. The molecule has 1 rings (SSSR count). The average molecular weight is 255 g/mol. The SMILES string of the molecule is CCCCCCC(NC)c1cc(F)c(C)cc1F. The fraction of sp³-hybridized carbons (Fsp3) is 0.600. The van der Waals surface area contributed by atoms with Crippen molar-refractivity contribution in [3.8, 4) is 0 Å². The van der Waals surface area contributed by atoms with Crippen molar-refractivity contribution in [3.63, 3.8) is 0 Å². The standard InChI is InChI=1S/C15H23F2N/c1-4-5-6-7-8-15(18-3)12-10-13(16)11(2)9-14(12)17/h9-10,15,18H,4-8H2,1-3H3. The van der Waals surface area contributed by atoms with Crippen molar-refractivity contribution in [2.75, 3.05) is 7.05 Å². The molecule has 0 saturated heterocycles. The van der Waals surface area contributed by atoms with E-state index in [9.17, 15) is 8.78 Å². The molecule has 1 atom stereocenters. The Balaban J connectivity index is 2.72. The normalized spacial score (nSPS) is 12.7. The van der Waals surface area contributed by atoms with Gasteiger partial charge in [-0.05, 0) is 38.1 Å². The first-order valence-electron chi connectivity index (χ1n) is 6.73. The summed E-state index contributed by atoms with van der Waals surface area (Å²) in [4.78, 5) is 0. The summed E-state index contributed by atoms with van der Waals surface area (Å²) in [6.07, 6.45) is 5.40. The van der Waals surface area contributed by atoms with E-state index in [-0.39, 0.29) is 17.7 Å². The third-order valence-corrected chi connectivity index (χ3v) is 3.35. The van der Waals surface area contributed by atoms with Crippen LogP contribution >= 0.6 is 0 Å². The van der Waals surface area contributed by atoms with Gasteiger partial charge in [0.05, 0.1) is 0 Å². The Morgan fingerprint density at radius 3 is 2.44 bits per heavy atom. The molecule has 1 N–H and O–H groups in total. The minimum Gasteiger partial charge on any atom is -0.313 e. The third kappa shape index (κ3) is 4.05. The van der Waals surface area contributed by atoms with Crippen LogP contribution in [-0.4, -0.2) is 7.05 Å². The fourth-order valence-electron chi connectivity index (χ4n) is 2.16. The summed E-state index contributed by atoms with van der Waals surface area (Å²) < 4.78 is 27.3. The molecule has 0 aliphatic rings. The molecule has 0 radical (unpaired) electrons. The fourth-order valence-corrected chi connectivity index (χ4v) is 2.16. The van der Waals surface area contributed by atoms with E-state index < -0.39 is 0 Å². The van der Waals surface area contributed by atoms with E-state index in [2.05, 4.69) is 12.2 Å². The van der Waals surface area contributed by atoms with E-state index >= 15 is 0 Å². The van der Waals surface area contributed by atoms with Crippen molar-refractivity contribution in [2.24, 2.45) is 0 Å². The molecule has 3 heteroatoms. The molecular weight excluding hydrogens is 232 g/mol. The number of benzene rings is 1. The average Bonchev–Trinajstić information content (AvgIpc) is 2.35. The third-order valence-electron chi connectivity index (χ3n) is 3.35. The summed E-state index contributed by atoms with van der Waals surface area (Å²) >= 11 is 0. The topological polar surface area (TPSA) is 12.0 Å². The Kier molecular flexibility index (Phi) is 6.27. The maximum Gasteiger partial charge on any atom is 0.128 e. The highest BCUT2D eigenvalue weighted by atomic mass is 19.1. The molecule has 102 valence electrons. The number of hydrogen-bond acceptors (Lipinski definition) is 1. The lowest BCUT2D eigenvalue weighted by Crippen LogP contribution is -2.18. The highest BCUT2D eigenvalue weighted by Crippen LogP contribution is 2.24. The lowest BCUT2D eigenvalue weighted by atomic mass is 9.98. The Labute approximate surface area is 109 Å². The van der Waals surface area contributed by atoms with Gasteiger partial charge in [0, 0.05) is 11.6 Å². The van der Waals surface area contributed by atoms with E-state index in [1.807, 2.05) is 0 Å². The molecule has 0 bridgehead atoms. The van der Waals surface area contributed by atoms with Crippen molar-refractivity contribution >= 4 is 0 Å². The largest absolute Gasteiger partial charge is 0.313 e. The molecule has 0 heterocycles. The van der Waals surface area contributed by atoms with Gasteiger partial charge in [-0.3, -0.25) is 0 Å². The van der Waals surface area contributed by atoms with Crippen LogP contribution in [0.2, 0.25) is 0 Å². The Bertz CT molecular complexity index is 377. The van der Waals surface area contributed by atoms with Gasteiger partial charge in [-0.25, -0.2) is 8.78 Å². The van der Waals surface area contributed by atoms with Crippen LogP contribution in [0, 0.1) is 18.6 Å². The molecular formula is C15H23F2N. The van der Waals surface area contributed by atoms with Crippen molar-refractivity contribution < 1.29 is 8.78 Å². The molecule has 1 aromatic rings. The Morgan fingerprint density at radius 2 is 1.83 bits per heavy atom. The molecule has 1 aromatic carbocycles. The first-order valence-corrected chi connectivity index (χ1v) is 6.73. The van der Waals surface area contributed by atoms with Crippen LogP contribution in [0.25, 0.3) is 0 Å². The maximum absolute atomic E-state index is 13.8. The van der Waals surface area contributed by atoms with Gasteiger partial charge in [0.15, 0.2) is 0 Å². The van der Waals surface area contributed by atoms with Crippen molar-refractivity contribution in [1.29, 1.82) is 0 Å². The molecule has 0 aliphatic carbocycles. The summed E-state index contributed by atoms with van der Waals surface area (Å²) in [5.41, 5.74) is 0.800. The summed E-state index contributed by atoms with van der Waals surface area (Å²) in [7, 11) is 1.79. The zero-order valence-electron chi connectivity index (χ0n) is 11.5. The number of unbranched alkanes of at least 4 members (excludes halogenated alkanes) is 3. The second-order valence-corrected chi connectivity index (χ2v) is 4.81. The zero-order chi connectivity index (χ0) is 13.5. The quantitative estimate of drug-likeness (QED) is 0.707. The molecule has 0 amide bonds. The number of hydrogen-bond donors (Lipinski definition) is 1. The van der Waals surface area contributed by atoms with Crippen LogP contribution in [0.15, 0.2) is 12.1 Å². The van der Waals surface area contributed by atoms with Crippen molar-refractivity contribution in [3.05, 3.63) is 34.9 Å². The monoisotopic (exact) mass is 255 g/mol. The molecule has 0 fully saturated rings. The van der Waals surface area contributed by atoms with Crippen LogP contribution in [0.4, 0.5) is 8.78 Å². The Morgan fingerprint density at radius 1 is 1.11 bits per heavy atom. The molecule has 0 spiro atoms. The predicted octanol–water partition coefficient (Wildman–Crippen LogP) is 4.50. The Hall–Kier alpha value is -0.960. The van der Waals surface area contributed by atoms with Gasteiger partial charge in [0.25, 0.3) is 0 Å². The van der Waals surface area contributed by atoms with Crippen LogP contribution in [0.5, 0.6) is 0 Å². The number of halogens is 2. The molecule has 0 saturated carbocycles. The van der Waals surface area contributed by atoms with Gasteiger partial charge in [-0.1, -0.05) is 32.6 Å². The number of rotatable bonds is 7. The van der Waals surface area contributed by atoms with Gasteiger partial charge in [0.2, 0.25) is 0 Å². The second-order valence-electron chi connectivity index (χ2n) is 4.81. The van der Waals surface area contributed by atoms with Crippen LogP contribution in [0.3, 0.4) is 0 Å². The van der Waals surface area contributed by atoms with Crippen LogP contribution in [-0.2, 0) is 0 Å². The van der Waals surface area contributed by atoms with E-state index in [0.29, 0.717) is 11.1 Å². The minimum absolute atomic E-state index is 0.100. The number of nitrogens with one attached hydrogen (secondary N) is 1. The predicted molar refractivity (Wildman–Crippen MR) is 71.7 cm³/mol. The van der Waals surface area contributed by atoms with E-state index in [0.717, 1.165) is 19.3 Å². The lowest BCUT2D eigenvalue weighted by Gasteiger charge is -2.18. The van der Waals surface area contributed by atoms with Gasteiger partial charge in [-0.15, -0.1) is 0 Å². The van der Waals surface area contributed by atoms with Crippen LogP contribution < -0.4 is 5.32 Å². The van der Waals surface area contributed by atoms with Gasteiger partial charge in [-0.2, -0.15) is 0 Å². The zero-order valence-corrected chi connectivity index (χ0v) is 11.5. The molecule has 1 unspecified atom stereocenters. The molecule has 0 aliphatic heterocycles. The first-order chi connectivity index (χ1) is 8.60. The molecule has 0 aromatic heterocycles. The van der Waals surface area contributed by atoms with Crippen molar-refractivity contribution in [2.45, 2.75) is 52.0 Å². The van der Waals surface area contributed by atoms with Crippen molar-refractivity contribution in [1.82, 2.24) is 5.32 Å².